The number of carbonyl (C=O) groups excluding carboxylic acids is 1. The number of rotatable bonds is 3. The molecule has 4 aromatic rings. The molecule has 1 aromatic carbocycles. The zero-order valence-electron chi connectivity index (χ0n) is 18.4. The summed E-state index contributed by atoms with van der Waals surface area (Å²) in [5.41, 5.74) is 1.37. The number of hydrogen-bond acceptors (Lipinski definition) is 8. The van der Waals surface area contributed by atoms with E-state index in [-0.39, 0.29) is 23.0 Å². The summed E-state index contributed by atoms with van der Waals surface area (Å²) in [5.74, 6) is 0.00118. The van der Waals surface area contributed by atoms with Crippen molar-refractivity contribution in [2.75, 3.05) is 37.8 Å². The van der Waals surface area contributed by atoms with Gasteiger partial charge in [0, 0.05) is 25.9 Å². The molecule has 0 bridgehead atoms. The van der Waals surface area contributed by atoms with Gasteiger partial charge in [-0.05, 0) is 43.7 Å². The summed E-state index contributed by atoms with van der Waals surface area (Å²) in [7, 11) is 0. The maximum atomic E-state index is 13.4. The van der Waals surface area contributed by atoms with Crippen LogP contribution in [0.15, 0.2) is 35.3 Å². The van der Waals surface area contributed by atoms with E-state index in [4.69, 9.17) is 14.5 Å². The summed E-state index contributed by atoms with van der Waals surface area (Å²) < 4.78 is 13.8. The molecule has 8 nitrogen and oxygen atoms in total. The number of nitrogens with zero attached hydrogens (tertiary/aromatic N) is 4. The van der Waals surface area contributed by atoms with Crippen molar-refractivity contribution in [3.05, 3.63) is 46.2 Å². The van der Waals surface area contributed by atoms with Crippen LogP contribution in [-0.2, 0) is 9.47 Å². The summed E-state index contributed by atoms with van der Waals surface area (Å²) in [6.45, 7) is 5.34. The maximum absolute atomic E-state index is 13.4. The predicted molar refractivity (Wildman–Crippen MR) is 127 cm³/mol. The van der Waals surface area contributed by atoms with Gasteiger partial charge in [-0.15, -0.1) is 11.3 Å². The Morgan fingerprint density at radius 3 is 2.82 bits per heavy atom. The normalized spacial score (nSPS) is 18.0. The highest BCUT2D eigenvalue weighted by Crippen LogP contribution is 2.40. The zero-order valence-corrected chi connectivity index (χ0v) is 19.2. The first-order chi connectivity index (χ1) is 16.1. The summed E-state index contributed by atoms with van der Waals surface area (Å²) in [6, 6.07) is 7.84. The Morgan fingerprint density at radius 1 is 1.24 bits per heavy atom. The first-order valence-electron chi connectivity index (χ1n) is 11.3. The largest absolute Gasteiger partial charge is 0.462 e. The third kappa shape index (κ3) is 3.21. The number of carbonyl (C=O) groups is 1. The quantitative estimate of drug-likeness (QED) is 0.428. The van der Waals surface area contributed by atoms with Gasteiger partial charge in [0.1, 0.15) is 10.4 Å². The van der Waals surface area contributed by atoms with E-state index in [9.17, 15) is 9.59 Å². The van der Waals surface area contributed by atoms with Crippen molar-refractivity contribution in [3.8, 4) is 0 Å². The molecule has 0 unspecified atom stereocenters. The first-order valence-corrected chi connectivity index (χ1v) is 12.1. The Labute approximate surface area is 193 Å². The Morgan fingerprint density at radius 2 is 2.06 bits per heavy atom. The molecule has 0 radical (unpaired) electrons. The minimum absolute atomic E-state index is 0.0445. The molecule has 3 aromatic heterocycles. The number of aromatic nitrogens is 3. The van der Waals surface area contributed by atoms with Crippen LogP contribution in [0.2, 0.25) is 0 Å². The van der Waals surface area contributed by atoms with E-state index in [1.165, 1.54) is 11.3 Å². The average molecular weight is 465 g/mol. The van der Waals surface area contributed by atoms with Crippen LogP contribution < -0.4 is 10.3 Å². The molecular formula is C24H24N4O4S. The molecule has 2 aliphatic heterocycles. The van der Waals surface area contributed by atoms with E-state index in [1.807, 2.05) is 28.7 Å². The fraction of sp³-hybridized carbons (Fsp3) is 0.417. The van der Waals surface area contributed by atoms with Crippen LogP contribution in [0.5, 0.6) is 0 Å². The average Bonchev–Trinajstić information content (AvgIpc) is 3.44. The lowest BCUT2D eigenvalue weighted by Crippen LogP contribution is -2.41. The molecule has 9 heteroatoms. The number of pyridine rings is 1. The highest BCUT2D eigenvalue weighted by atomic mass is 32.1. The SMILES string of the molecule is CCOC(=O)c1c(=O)c2cnc(N3CCC4(CCOC4)CC3)nc2n2c1sc1ccccc12. The summed E-state index contributed by atoms with van der Waals surface area (Å²) in [6.07, 6.45) is 4.78. The molecule has 2 saturated heterocycles. The Kier molecular flexibility index (Phi) is 4.84. The summed E-state index contributed by atoms with van der Waals surface area (Å²) in [4.78, 5) is 38.3. The van der Waals surface area contributed by atoms with Crippen LogP contribution in [0.25, 0.3) is 26.1 Å². The van der Waals surface area contributed by atoms with Gasteiger partial charge in [0.2, 0.25) is 11.4 Å². The molecule has 0 N–H and O–H groups in total. The number of ether oxygens (including phenoxy) is 2. The van der Waals surface area contributed by atoms with Gasteiger partial charge in [-0.25, -0.2) is 9.78 Å². The van der Waals surface area contributed by atoms with Crippen LogP contribution in [-0.4, -0.2) is 53.2 Å². The lowest BCUT2D eigenvalue weighted by molar-refractivity contribution is 0.0527. The van der Waals surface area contributed by atoms with Crippen molar-refractivity contribution >= 4 is 49.3 Å². The third-order valence-corrected chi connectivity index (χ3v) is 8.09. The van der Waals surface area contributed by atoms with Crippen molar-refractivity contribution in [2.24, 2.45) is 5.41 Å². The van der Waals surface area contributed by atoms with Gasteiger partial charge in [-0.2, -0.15) is 4.98 Å². The molecule has 5 heterocycles. The van der Waals surface area contributed by atoms with Gasteiger partial charge in [0.15, 0.2) is 5.65 Å². The van der Waals surface area contributed by atoms with E-state index in [0.29, 0.717) is 21.8 Å². The van der Waals surface area contributed by atoms with E-state index < -0.39 is 5.97 Å². The fourth-order valence-corrected chi connectivity index (χ4v) is 6.22. The topological polar surface area (TPSA) is 86.0 Å². The lowest BCUT2D eigenvalue weighted by Gasteiger charge is -2.38. The Balaban J connectivity index is 1.53. The second-order valence-electron chi connectivity index (χ2n) is 8.83. The van der Waals surface area contributed by atoms with Crippen LogP contribution in [0.1, 0.15) is 36.5 Å². The van der Waals surface area contributed by atoms with Gasteiger partial charge in [0.05, 0.1) is 28.8 Å². The van der Waals surface area contributed by atoms with Crippen molar-refractivity contribution in [1.82, 2.24) is 14.4 Å². The molecule has 33 heavy (non-hydrogen) atoms. The number of para-hydroxylation sites is 1. The first kappa shape index (κ1) is 20.6. The third-order valence-electron chi connectivity index (χ3n) is 6.94. The zero-order chi connectivity index (χ0) is 22.6. The number of esters is 1. The molecular weight excluding hydrogens is 440 g/mol. The predicted octanol–water partition coefficient (Wildman–Crippen LogP) is 3.64. The molecule has 0 atom stereocenters. The molecule has 0 saturated carbocycles. The highest BCUT2D eigenvalue weighted by molar-refractivity contribution is 7.24. The molecule has 2 aliphatic rings. The van der Waals surface area contributed by atoms with E-state index >= 15 is 0 Å². The van der Waals surface area contributed by atoms with Crippen molar-refractivity contribution < 1.29 is 14.3 Å². The van der Waals surface area contributed by atoms with Crippen molar-refractivity contribution in [3.63, 3.8) is 0 Å². The standard InChI is InChI=1S/C24H24N4O4S/c1-2-32-22(30)18-19(29)15-13-25-23(27-10-7-24(8-11-27)9-12-31-14-24)26-20(15)28-16-5-3-4-6-17(16)33-21(18)28/h3-6,13H,2,7-12,14H2,1H3. The minimum atomic E-state index is -0.613. The monoisotopic (exact) mass is 464 g/mol. The Hall–Kier alpha value is -3.04. The smallest absolute Gasteiger partial charge is 0.345 e. The number of hydrogen-bond donors (Lipinski definition) is 0. The molecule has 6 rings (SSSR count). The molecule has 0 aliphatic carbocycles. The number of thiazole rings is 1. The summed E-state index contributed by atoms with van der Waals surface area (Å²) in [5, 5.41) is 0.320. The molecule has 170 valence electrons. The second kappa shape index (κ2) is 7.78. The van der Waals surface area contributed by atoms with E-state index in [1.54, 1.807) is 13.1 Å². The van der Waals surface area contributed by atoms with Crippen LogP contribution in [0, 0.1) is 5.41 Å². The number of fused-ring (bicyclic) bond motifs is 5. The van der Waals surface area contributed by atoms with Crippen LogP contribution >= 0.6 is 11.3 Å². The van der Waals surface area contributed by atoms with Gasteiger partial charge < -0.3 is 14.4 Å². The molecule has 2 fully saturated rings. The molecule has 0 amide bonds. The van der Waals surface area contributed by atoms with Gasteiger partial charge in [0.25, 0.3) is 0 Å². The van der Waals surface area contributed by atoms with Gasteiger partial charge in [-0.1, -0.05) is 12.1 Å². The van der Waals surface area contributed by atoms with E-state index in [0.717, 1.165) is 55.8 Å². The lowest BCUT2D eigenvalue weighted by atomic mass is 9.78. The minimum Gasteiger partial charge on any atom is -0.462 e. The number of benzene rings is 1. The maximum Gasteiger partial charge on any atom is 0.345 e. The van der Waals surface area contributed by atoms with E-state index in [2.05, 4.69) is 9.88 Å². The Bertz CT molecular complexity index is 1440. The van der Waals surface area contributed by atoms with Crippen molar-refractivity contribution in [2.45, 2.75) is 26.2 Å². The highest BCUT2D eigenvalue weighted by Gasteiger charge is 2.38. The van der Waals surface area contributed by atoms with Crippen LogP contribution in [0.3, 0.4) is 0 Å². The van der Waals surface area contributed by atoms with Crippen LogP contribution in [0.4, 0.5) is 5.95 Å². The second-order valence-corrected chi connectivity index (χ2v) is 9.86. The number of anilines is 1. The number of piperidine rings is 1. The van der Waals surface area contributed by atoms with Crippen molar-refractivity contribution in [1.29, 1.82) is 0 Å². The molecule has 1 spiro atoms. The fourth-order valence-electron chi connectivity index (χ4n) is 5.05. The van der Waals surface area contributed by atoms with Gasteiger partial charge in [-0.3, -0.25) is 9.20 Å². The summed E-state index contributed by atoms with van der Waals surface area (Å²) >= 11 is 1.40. The van der Waals surface area contributed by atoms with Gasteiger partial charge >= 0.3 is 5.97 Å².